The molecular weight excluding hydrogens is 238 g/mol. The fourth-order valence-corrected chi connectivity index (χ4v) is 1.47. The number of nitrogens with zero attached hydrogens (tertiary/aromatic N) is 1. The molecule has 6 nitrogen and oxygen atoms in total. The van der Waals surface area contributed by atoms with Crippen molar-refractivity contribution in [2.75, 3.05) is 46.1 Å². The molecule has 0 bridgehead atoms. The molecular formula is C12H19NO5. The van der Waals surface area contributed by atoms with E-state index in [-0.39, 0.29) is 6.61 Å². The number of rotatable bonds is 6. The molecule has 1 aliphatic heterocycles. The topological polar surface area (TPSA) is 65.1 Å². The lowest BCUT2D eigenvalue weighted by Gasteiger charge is -2.25. The number of hydrogen-bond acceptors (Lipinski definition) is 6. The molecule has 1 rings (SSSR count). The van der Waals surface area contributed by atoms with Crippen molar-refractivity contribution in [2.45, 2.75) is 6.92 Å². The Kier molecular flexibility index (Phi) is 7.05. The van der Waals surface area contributed by atoms with E-state index in [0.29, 0.717) is 13.2 Å². The molecule has 0 atom stereocenters. The van der Waals surface area contributed by atoms with Crippen LogP contribution in [0.5, 0.6) is 0 Å². The number of esters is 2. The molecule has 0 aliphatic carbocycles. The quantitative estimate of drug-likeness (QED) is 0.492. The lowest BCUT2D eigenvalue weighted by Crippen LogP contribution is -2.38. The molecule has 0 aromatic heterocycles. The largest absolute Gasteiger partial charge is 0.463 e. The second-order valence-electron chi connectivity index (χ2n) is 3.71. The van der Waals surface area contributed by atoms with Crippen LogP contribution < -0.4 is 0 Å². The fourth-order valence-electron chi connectivity index (χ4n) is 1.47. The predicted octanol–water partition coefficient (Wildman–Crippen LogP) is -0.0189. The number of carbonyl (C=O) groups excluding carboxylic acids is 2. The lowest BCUT2D eigenvalue weighted by molar-refractivity contribution is -0.140. The Morgan fingerprint density at radius 1 is 1.17 bits per heavy atom. The van der Waals surface area contributed by atoms with Crippen molar-refractivity contribution in [1.82, 2.24) is 4.90 Å². The fraction of sp³-hybridized carbons (Fsp3) is 0.667. The number of carbonyl (C=O) groups is 2. The summed E-state index contributed by atoms with van der Waals surface area (Å²) in [4.78, 5) is 24.3. The van der Waals surface area contributed by atoms with Gasteiger partial charge in [0, 0.05) is 31.8 Å². The van der Waals surface area contributed by atoms with Crippen LogP contribution in [-0.4, -0.2) is 62.9 Å². The smallest absolute Gasteiger partial charge is 0.331 e. The van der Waals surface area contributed by atoms with Crippen molar-refractivity contribution in [2.24, 2.45) is 0 Å². The van der Waals surface area contributed by atoms with E-state index in [9.17, 15) is 9.59 Å². The Hall–Kier alpha value is -1.40. The van der Waals surface area contributed by atoms with Crippen molar-refractivity contribution in [3.8, 4) is 0 Å². The highest BCUT2D eigenvalue weighted by Gasteiger charge is 2.10. The van der Waals surface area contributed by atoms with Crippen LogP contribution in [0.1, 0.15) is 6.92 Å². The first-order chi connectivity index (χ1) is 8.72. The average molecular weight is 257 g/mol. The SMILES string of the molecule is CCOC(=O)C=CC(=O)OCCN1CCOCC1. The first-order valence-corrected chi connectivity index (χ1v) is 6.04. The van der Waals surface area contributed by atoms with Gasteiger partial charge in [-0.2, -0.15) is 0 Å². The van der Waals surface area contributed by atoms with Crippen LogP contribution in [0.15, 0.2) is 12.2 Å². The van der Waals surface area contributed by atoms with Gasteiger partial charge in [-0.25, -0.2) is 9.59 Å². The van der Waals surface area contributed by atoms with Crippen molar-refractivity contribution >= 4 is 11.9 Å². The van der Waals surface area contributed by atoms with E-state index in [1.165, 1.54) is 0 Å². The third-order valence-electron chi connectivity index (χ3n) is 2.40. The lowest BCUT2D eigenvalue weighted by atomic mass is 10.4. The minimum atomic E-state index is -0.539. The normalized spacial score (nSPS) is 16.7. The summed E-state index contributed by atoms with van der Waals surface area (Å²) in [6, 6.07) is 0. The van der Waals surface area contributed by atoms with Gasteiger partial charge in [-0.05, 0) is 6.92 Å². The number of morpholine rings is 1. The van der Waals surface area contributed by atoms with Crippen molar-refractivity contribution < 1.29 is 23.8 Å². The van der Waals surface area contributed by atoms with Gasteiger partial charge in [0.25, 0.3) is 0 Å². The monoisotopic (exact) mass is 257 g/mol. The van der Waals surface area contributed by atoms with E-state index in [1.807, 2.05) is 0 Å². The summed E-state index contributed by atoms with van der Waals surface area (Å²) in [6.07, 6.45) is 2.15. The van der Waals surface area contributed by atoms with Gasteiger partial charge in [-0.15, -0.1) is 0 Å². The van der Waals surface area contributed by atoms with Crippen LogP contribution in [0.2, 0.25) is 0 Å². The molecule has 0 spiro atoms. The van der Waals surface area contributed by atoms with Crippen molar-refractivity contribution in [1.29, 1.82) is 0 Å². The average Bonchev–Trinajstić information content (AvgIpc) is 2.38. The third kappa shape index (κ3) is 6.36. The van der Waals surface area contributed by atoms with Crippen LogP contribution in [0.25, 0.3) is 0 Å². The molecule has 1 aliphatic rings. The van der Waals surface area contributed by atoms with Crippen LogP contribution in [0.3, 0.4) is 0 Å². The zero-order valence-corrected chi connectivity index (χ0v) is 10.6. The summed E-state index contributed by atoms with van der Waals surface area (Å²) in [6.45, 7) is 6.13. The van der Waals surface area contributed by atoms with Gasteiger partial charge >= 0.3 is 11.9 Å². The van der Waals surface area contributed by atoms with Gasteiger partial charge < -0.3 is 14.2 Å². The van der Waals surface area contributed by atoms with E-state index in [4.69, 9.17) is 9.47 Å². The van der Waals surface area contributed by atoms with Gasteiger partial charge in [-0.3, -0.25) is 4.90 Å². The highest BCUT2D eigenvalue weighted by Crippen LogP contribution is 1.96. The number of ether oxygens (including phenoxy) is 3. The number of hydrogen-bond donors (Lipinski definition) is 0. The minimum Gasteiger partial charge on any atom is -0.463 e. The molecule has 18 heavy (non-hydrogen) atoms. The van der Waals surface area contributed by atoms with E-state index in [0.717, 1.165) is 38.5 Å². The highest BCUT2D eigenvalue weighted by molar-refractivity contribution is 5.91. The maximum absolute atomic E-state index is 11.2. The second-order valence-corrected chi connectivity index (χ2v) is 3.71. The van der Waals surface area contributed by atoms with Crippen LogP contribution >= 0.6 is 0 Å². The molecule has 1 saturated heterocycles. The highest BCUT2D eigenvalue weighted by atomic mass is 16.5. The van der Waals surface area contributed by atoms with Gasteiger partial charge in [0.15, 0.2) is 0 Å². The molecule has 102 valence electrons. The Labute approximate surface area is 106 Å². The molecule has 0 aromatic rings. The van der Waals surface area contributed by atoms with Gasteiger partial charge in [0.1, 0.15) is 6.61 Å². The molecule has 0 N–H and O–H groups in total. The Morgan fingerprint density at radius 3 is 2.39 bits per heavy atom. The first-order valence-electron chi connectivity index (χ1n) is 6.04. The van der Waals surface area contributed by atoms with Crippen molar-refractivity contribution in [3.63, 3.8) is 0 Å². The van der Waals surface area contributed by atoms with Crippen LogP contribution in [-0.2, 0) is 23.8 Å². The maximum atomic E-state index is 11.2. The van der Waals surface area contributed by atoms with Gasteiger partial charge in [0.2, 0.25) is 0 Å². The Morgan fingerprint density at radius 2 is 1.78 bits per heavy atom. The summed E-state index contributed by atoms with van der Waals surface area (Å²) in [5.41, 5.74) is 0. The zero-order chi connectivity index (χ0) is 13.2. The van der Waals surface area contributed by atoms with Gasteiger partial charge in [0.05, 0.1) is 19.8 Å². The Balaban J connectivity index is 2.10. The van der Waals surface area contributed by atoms with E-state index in [2.05, 4.69) is 9.64 Å². The van der Waals surface area contributed by atoms with Crippen LogP contribution in [0.4, 0.5) is 0 Å². The molecule has 6 heteroatoms. The summed E-state index contributed by atoms with van der Waals surface area (Å²) in [5.74, 6) is -1.07. The minimum absolute atomic E-state index is 0.287. The summed E-state index contributed by atoms with van der Waals surface area (Å²) in [7, 11) is 0. The summed E-state index contributed by atoms with van der Waals surface area (Å²) >= 11 is 0. The van der Waals surface area contributed by atoms with Crippen LogP contribution in [0, 0.1) is 0 Å². The summed E-state index contributed by atoms with van der Waals surface area (Å²) < 4.78 is 14.8. The standard InChI is InChI=1S/C12H19NO5/c1-2-17-11(14)3-4-12(15)18-10-7-13-5-8-16-9-6-13/h3-4H,2,5-10H2,1H3. The first kappa shape index (κ1) is 14.7. The molecule has 0 radical (unpaired) electrons. The van der Waals surface area contributed by atoms with E-state index in [1.54, 1.807) is 6.92 Å². The third-order valence-corrected chi connectivity index (χ3v) is 2.40. The Bertz CT molecular complexity index is 297. The van der Waals surface area contributed by atoms with Crippen molar-refractivity contribution in [3.05, 3.63) is 12.2 Å². The summed E-state index contributed by atoms with van der Waals surface area (Å²) in [5, 5.41) is 0. The molecule has 0 unspecified atom stereocenters. The molecule has 0 amide bonds. The molecule has 1 fully saturated rings. The molecule has 0 aromatic carbocycles. The predicted molar refractivity (Wildman–Crippen MR) is 64.0 cm³/mol. The van der Waals surface area contributed by atoms with Gasteiger partial charge in [-0.1, -0.05) is 0 Å². The molecule has 1 heterocycles. The molecule has 0 saturated carbocycles. The van der Waals surface area contributed by atoms with E-state index < -0.39 is 11.9 Å². The zero-order valence-electron chi connectivity index (χ0n) is 10.6. The van der Waals surface area contributed by atoms with E-state index >= 15 is 0 Å². The second kappa shape index (κ2) is 8.66. The maximum Gasteiger partial charge on any atom is 0.331 e.